The summed E-state index contributed by atoms with van der Waals surface area (Å²) in [6.07, 6.45) is 2.31. The van der Waals surface area contributed by atoms with Gasteiger partial charge in [-0.3, -0.25) is 0 Å². The second kappa shape index (κ2) is 8.06. The highest BCUT2D eigenvalue weighted by Gasteiger charge is 2.20. The number of hydrogen-bond acceptors (Lipinski definition) is 4. The van der Waals surface area contributed by atoms with Gasteiger partial charge in [0, 0.05) is 4.88 Å². The molecule has 0 aromatic carbocycles. The summed E-state index contributed by atoms with van der Waals surface area (Å²) in [5.41, 5.74) is 0. The largest absolute Gasteiger partial charge is 0.480 e. The Morgan fingerprint density at radius 1 is 1.47 bits per heavy atom. The zero-order chi connectivity index (χ0) is 14.3. The molecule has 1 aromatic heterocycles. The van der Waals surface area contributed by atoms with Gasteiger partial charge in [0.1, 0.15) is 6.04 Å². The topological polar surface area (TPSA) is 78.4 Å². The second-order valence-corrected chi connectivity index (χ2v) is 5.99. The van der Waals surface area contributed by atoms with E-state index < -0.39 is 18.0 Å². The standard InChI is InChI=1S/C12H18N2O3S2/c1-8(10-4-3-6-19-10)13-12(17)14-9(11(15)16)5-7-18-2/h3-4,6,8-9H,5,7H2,1-2H3,(H,15,16)(H2,13,14,17)/t8?,9-/m0/s1. The zero-order valence-electron chi connectivity index (χ0n) is 10.9. The maximum atomic E-state index is 11.7. The van der Waals surface area contributed by atoms with E-state index in [2.05, 4.69) is 10.6 Å². The van der Waals surface area contributed by atoms with Crippen LogP contribution in [0.5, 0.6) is 0 Å². The minimum atomic E-state index is -1.01. The van der Waals surface area contributed by atoms with Crippen molar-refractivity contribution in [1.82, 2.24) is 10.6 Å². The molecule has 0 saturated carbocycles. The van der Waals surface area contributed by atoms with Crippen LogP contribution in [-0.2, 0) is 4.79 Å². The molecule has 1 rings (SSSR count). The zero-order valence-corrected chi connectivity index (χ0v) is 12.5. The number of amides is 2. The molecule has 0 fully saturated rings. The van der Waals surface area contributed by atoms with Crippen LogP contribution in [0.1, 0.15) is 24.3 Å². The summed E-state index contributed by atoms with van der Waals surface area (Å²) in [5, 5.41) is 16.2. The summed E-state index contributed by atoms with van der Waals surface area (Å²) in [4.78, 5) is 23.8. The van der Waals surface area contributed by atoms with Gasteiger partial charge in [0.2, 0.25) is 0 Å². The Kier molecular flexibility index (Phi) is 6.72. The van der Waals surface area contributed by atoms with Crippen molar-refractivity contribution in [3.8, 4) is 0 Å². The molecule has 106 valence electrons. The number of aliphatic carboxylic acids is 1. The SMILES string of the molecule is CSCC[C@H](NC(=O)NC(C)c1cccs1)C(=O)O. The average Bonchev–Trinajstić information content (AvgIpc) is 2.87. The van der Waals surface area contributed by atoms with Crippen LogP contribution in [0, 0.1) is 0 Å². The Hall–Kier alpha value is -1.21. The van der Waals surface area contributed by atoms with Crippen LogP contribution >= 0.6 is 23.1 Å². The van der Waals surface area contributed by atoms with Gasteiger partial charge in [-0.2, -0.15) is 11.8 Å². The molecule has 0 aliphatic carbocycles. The van der Waals surface area contributed by atoms with Gasteiger partial charge < -0.3 is 15.7 Å². The van der Waals surface area contributed by atoms with Gasteiger partial charge in [0.05, 0.1) is 6.04 Å². The predicted octanol–water partition coefficient (Wildman–Crippen LogP) is 2.31. The van der Waals surface area contributed by atoms with Gasteiger partial charge in [-0.15, -0.1) is 11.3 Å². The monoisotopic (exact) mass is 302 g/mol. The van der Waals surface area contributed by atoms with Crippen LogP contribution in [0.15, 0.2) is 17.5 Å². The normalized spacial score (nSPS) is 13.6. The lowest BCUT2D eigenvalue weighted by Crippen LogP contribution is -2.46. The number of rotatable bonds is 7. The van der Waals surface area contributed by atoms with Crippen LogP contribution < -0.4 is 10.6 Å². The van der Waals surface area contributed by atoms with Crippen molar-refractivity contribution in [3.63, 3.8) is 0 Å². The molecule has 1 aromatic rings. The first-order chi connectivity index (χ1) is 9.04. The van der Waals surface area contributed by atoms with Crippen LogP contribution in [-0.4, -0.2) is 35.2 Å². The van der Waals surface area contributed by atoms with Crippen molar-refractivity contribution in [2.75, 3.05) is 12.0 Å². The van der Waals surface area contributed by atoms with Crippen molar-refractivity contribution in [2.24, 2.45) is 0 Å². The summed E-state index contributed by atoms with van der Waals surface area (Å²) < 4.78 is 0. The maximum Gasteiger partial charge on any atom is 0.326 e. The number of urea groups is 1. The fourth-order valence-electron chi connectivity index (χ4n) is 1.50. The van der Waals surface area contributed by atoms with Gasteiger partial charge in [-0.1, -0.05) is 6.07 Å². The third kappa shape index (κ3) is 5.52. The Labute approximate surface area is 120 Å². The number of hydrogen-bond donors (Lipinski definition) is 3. The molecule has 1 heterocycles. The smallest absolute Gasteiger partial charge is 0.326 e. The van der Waals surface area contributed by atoms with Gasteiger partial charge >= 0.3 is 12.0 Å². The third-order valence-electron chi connectivity index (χ3n) is 2.53. The van der Waals surface area contributed by atoms with E-state index in [4.69, 9.17) is 5.11 Å². The molecule has 19 heavy (non-hydrogen) atoms. The third-order valence-corrected chi connectivity index (χ3v) is 4.23. The molecule has 0 bridgehead atoms. The number of carbonyl (C=O) groups excluding carboxylic acids is 1. The highest BCUT2D eigenvalue weighted by molar-refractivity contribution is 7.98. The lowest BCUT2D eigenvalue weighted by Gasteiger charge is -2.17. The summed E-state index contributed by atoms with van der Waals surface area (Å²) in [6, 6.07) is 2.42. The first-order valence-corrected chi connectivity index (χ1v) is 8.14. The van der Waals surface area contributed by atoms with Crippen LogP contribution in [0.2, 0.25) is 0 Å². The molecule has 0 aliphatic heterocycles. The molecule has 0 saturated heterocycles. The minimum absolute atomic E-state index is 0.130. The fourth-order valence-corrected chi connectivity index (χ4v) is 2.70. The number of carboxylic acid groups (broad SMARTS) is 1. The van der Waals surface area contributed by atoms with Gasteiger partial charge in [-0.25, -0.2) is 9.59 Å². The summed E-state index contributed by atoms with van der Waals surface area (Å²) in [6.45, 7) is 1.86. The number of carboxylic acids is 1. The Bertz CT molecular complexity index is 409. The van der Waals surface area contributed by atoms with Crippen molar-refractivity contribution in [2.45, 2.75) is 25.4 Å². The van der Waals surface area contributed by atoms with Gasteiger partial charge in [0.25, 0.3) is 0 Å². The quantitative estimate of drug-likeness (QED) is 0.722. The summed E-state index contributed by atoms with van der Waals surface area (Å²) >= 11 is 3.10. The van der Waals surface area contributed by atoms with Gasteiger partial charge in [-0.05, 0) is 36.8 Å². The van der Waals surface area contributed by atoms with E-state index in [-0.39, 0.29) is 6.04 Å². The Morgan fingerprint density at radius 2 is 2.21 bits per heavy atom. The van der Waals surface area contributed by atoms with Crippen molar-refractivity contribution < 1.29 is 14.7 Å². The van der Waals surface area contributed by atoms with E-state index in [1.54, 1.807) is 23.1 Å². The summed E-state index contributed by atoms with van der Waals surface area (Å²) in [7, 11) is 0. The molecule has 7 heteroatoms. The van der Waals surface area contributed by atoms with Gasteiger partial charge in [0.15, 0.2) is 0 Å². The molecule has 0 radical (unpaired) electrons. The highest BCUT2D eigenvalue weighted by Crippen LogP contribution is 2.17. The van der Waals surface area contributed by atoms with Crippen LogP contribution in [0.3, 0.4) is 0 Å². The van der Waals surface area contributed by atoms with E-state index in [1.807, 2.05) is 30.7 Å². The fraction of sp³-hybridized carbons (Fsp3) is 0.500. The van der Waals surface area contributed by atoms with Crippen molar-refractivity contribution >= 4 is 35.1 Å². The second-order valence-electron chi connectivity index (χ2n) is 4.03. The van der Waals surface area contributed by atoms with E-state index >= 15 is 0 Å². The molecule has 0 spiro atoms. The lowest BCUT2D eigenvalue weighted by molar-refractivity contribution is -0.139. The average molecular weight is 302 g/mol. The minimum Gasteiger partial charge on any atom is -0.480 e. The number of thiophene rings is 1. The van der Waals surface area contributed by atoms with E-state index in [9.17, 15) is 9.59 Å². The molecular weight excluding hydrogens is 284 g/mol. The number of carbonyl (C=O) groups is 2. The molecule has 3 N–H and O–H groups in total. The number of thioether (sulfide) groups is 1. The van der Waals surface area contributed by atoms with E-state index in [1.165, 1.54) is 0 Å². The molecule has 2 amide bonds. The van der Waals surface area contributed by atoms with E-state index in [0.717, 1.165) is 4.88 Å². The number of nitrogens with one attached hydrogen (secondary N) is 2. The molecular formula is C12H18N2O3S2. The Balaban J connectivity index is 2.46. The first-order valence-electron chi connectivity index (χ1n) is 5.86. The molecule has 2 atom stereocenters. The molecule has 5 nitrogen and oxygen atoms in total. The van der Waals surface area contributed by atoms with Crippen molar-refractivity contribution in [3.05, 3.63) is 22.4 Å². The van der Waals surface area contributed by atoms with E-state index in [0.29, 0.717) is 12.2 Å². The van der Waals surface area contributed by atoms with Crippen LogP contribution in [0.25, 0.3) is 0 Å². The lowest BCUT2D eigenvalue weighted by atomic mass is 10.2. The Morgan fingerprint density at radius 3 is 2.74 bits per heavy atom. The maximum absolute atomic E-state index is 11.7. The highest BCUT2D eigenvalue weighted by atomic mass is 32.2. The molecule has 0 aliphatic rings. The van der Waals surface area contributed by atoms with Crippen LogP contribution in [0.4, 0.5) is 4.79 Å². The van der Waals surface area contributed by atoms with Crippen molar-refractivity contribution in [1.29, 1.82) is 0 Å². The predicted molar refractivity (Wildman–Crippen MR) is 78.8 cm³/mol. The summed E-state index contributed by atoms with van der Waals surface area (Å²) in [5.74, 6) is -0.314. The molecule has 1 unspecified atom stereocenters. The first kappa shape index (κ1) is 15.8.